The summed E-state index contributed by atoms with van der Waals surface area (Å²) in [5.74, 6) is -0.237. The molecule has 10 heteroatoms. The summed E-state index contributed by atoms with van der Waals surface area (Å²) in [6.45, 7) is 9.91. The van der Waals surface area contributed by atoms with E-state index in [2.05, 4.69) is 50.4 Å². The zero-order valence-electron chi connectivity index (χ0n) is 20.7. The highest BCUT2D eigenvalue weighted by atomic mass is 32.1. The maximum atomic E-state index is 12.2. The van der Waals surface area contributed by atoms with E-state index in [1.165, 1.54) is 21.5 Å². The van der Waals surface area contributed by atoms with E-state index in [0.717, 1.165) is 56.8 Å². The number of piperidine rings is 1. The van der Waals surface area contributed by atoms with E-state index in [4.69, 9.17) is 4.74 Å². The van der Waals surface area contributed by atoms with Gasteiger partial charge in [-0.1, -0.05) is 12.1 Å². The van der Waals surface area contributed by atoms with Gasteiger partial charge in [-0.15, -0.1) is 16.4 Å². The minimum atomic E-state index is -0.237. The Morgan fingerprint density at radius 3 is 3.00 bits per heavy atom. The molecule has 1 amide bonds. The van der Waals surface area contributed by atoms with Crippen LogP contribution in [0, 0.1) is 6.92 Å². The van der Waals surface area contributed by atoms with Gasteiger partial charge in [0.25, 0.3) is 5.91 Å². The SMILES string of the molecule is CCc1cc2c(s1)CCO[C@@]21CCN(Cc2cn(CCNC(=O)c3cnc(C)cn3)nn2)[C@@H](C)C1. The first kappa shape index (κ1) is 24.0. The van der Waals surface area contributed by atoms with Crippen LogP contribution in [-0.2, 0) is 36.3 Å². The van der Waals surface area contributed by atoms with Crippen LogP contribution in [0.1, 0.15) is 63.9 Å². The van der Waals surface area contributed by atoms with Crippen molar-refractivity contribution in [2.75, 3.05) is 19.7 Å². The number of nitrogens with one attached hydrogen (secondary N) is 1. The second kappa shape index (κ2) is 10.1. The Hall–Kier alpha value is -2.69. The van der Waals surface area contributed by atoms with Gasteiger partial charge < -0.3 is 10.1 Å². The topological polar surface area (TPSA) is 98.1 Å². The summed E-state index contributed by atoms with van der Waals surface area (Å²) in [4.78, 5) is 25.9. The summed E-state index contributed by atoms with van der Waals surface area (Å²) in [6.07, 6.45) is 9.19. The molecule has 0 bridgehead atoms. The molecule has 0 aliphatic carbocycles. The van der Waals surface area contributed by atoms with Crippen molar-refractivity contribution in [3.05, 3.63) is 57.1 Å². The highest BCUT2D eigenvalue weighted by Crippen LogP contribution is 2.46. The number of thiophene rings is 1. The summed E-state index contributed by atoms with van der Waals surface area (Å²) in [7, 11) is 0. The Balaban J connectivity index is 1.14. The van der Waals surface area contributed by atoms with Crippen LogP contribution in [0.5, 0.6) is 0 Å². The van der Waals surface area contributed by atoms with E-state index < -0.39 is 0 Å². The van der Waals surface area contributed by atoms with Crippen LogP contribution in [0.4, 0.5) is 0 Å². The lowest BCUT2D eigenvalue weighted by atomic mass is 9.79. The first-order chi connectivity index (χ1) is 17.0. The molecule has 2 aliphatic rings. The van der Waals surface area contributed by atoms with E-state index in [9.17, 15) is 4.79 Å². The van der Waals surface area contributed by atoms with Crippen LogP contribution in [0.2, 0.25) is 0 Å². The van der Waals surface area contributed by atoms with Crippen LogP contribution in [-0.4, -0.2) is 61.5 Å². The summed E-state index contributed by atoms with van der Waals surface area (Å²) in [5, 5.41) is 11.5. The first-order valence-corrected chi connectivity index (χ1v) is 13.2. The van der Waals surface area contributed by atoms with Gasteiger partial charge in [-0.2, -0.15) is 0 Å². The third-order valence-electron chi connectivity index (χ3n) is 7.05. The molecule has 1 spiro atoms. The molecule has 0 aromatic carbocycles. The number of fused-ring (bicyclic) bond motifs is 2. The number of hydrogen-bond donors (Lipinski definition) is 1. The predicted molar refractivity (Wildman–Crippen MR) is 133 cm³/mol. The van der Waals surface area contributed by atoms with Crippen molar-refractivity contribution in [3.8, 4) is 0 Å². The fourth-order valence-electron chi connectivity index (χ4n) is 5.12. The van der Waals surface area contributed by atoms with E-state index in [1.54, 1.807) is 10.9 Å². The van der Waals surface area contributed by atoms with E-state index in [-0.39, 0.29) is 11.5 Å². The second-order valence-corrected chi connectivity index (χ2v) is 10.8. The number of likely N-dealkylation sites (tertiary alicyclic amines) is 1. The standard InChI is InChI=1S/C25H33N7O2S/c1-4-20-11-21-23(35-20)5-10-34-25(21)6-8-31(18(3)12-25)15-19-16-32(30-29-19)9-7-26-24(33)22-14-27-17(2)13-28-22/h11,13-14,16,18H,4-10,12,15H2,1-3H3,(H,26,33)/t18-,25+/m0/s1. The largest absolute Gasteiger partial charge is 0.370 e. The van der Waals surface area contributed by atoms with Gasteiger partial charge in [0.05, 0.1) is 36.3 Å². The molecular formula is C25H33N7O2S. The summed E-state index contributed by atoms with van der Waals surface area (Å²) < 4.78 is 8.25. The molecule has 3 aromatic heterocycles. The fraction of sp³-hybridized carbons (Fsp3) is 0.560. The highest BCUT2D eigenvalue weighted by molar-refractivity contribution is 7.12. The Labute approximate surface area is 209 Å². The molecule has 1 N–H and O–H groups in total. The number of ether oxygens (including phenoxy) is 1. The van der Waals surface area contributed by atoms with Crippen LogP contribution in [0.15, 0.2) is 24.7 Å². The second-order valence-electron chi connectivity index (χ2n) is 9.54. The lowest BCUT2D eigenvalue weighted by Crippen LogP contribution is -2.50. The van der Waals surface area contributed by atoms with Crippen molar-refractivity contribution in [2.24, 2.45) is 0 Å². The van der Waals surface area contributed by atoms with Gasteiger partial charge >= 0.3 is 0 Å². The minimum absolute atomic E-state index is 0.134. The molecular weight excluding hydrogens is 462 g/mol. The number of amides is 1. The van der Waals surface area contributed by atoms with Gasteiger partial charge in [0.15, 0.2) is 0 Å². The lowest BCUT2D eigenvalue weighted by Gasteiger charge is -2.47. The maximum absolute atomic E-state index is 12.2. The van der Waals surface area contributed by atoms with Gasteiger partial charge in [-0.05, 0) is 44.7 Å². The maximum Gasteiger partial charge on any atom is 0.271 e. The molecule has 0 saturated carbocycles. The summed E-state index contributed by atoms with van der Waals surface area (Å²) >= 11 is 1.97. The number of aromatic nitrogens is 5. The van der Waals surface area contributed by atoms with Crippen LogP contribution >= 0.6 is 11.3 Å². The van der Waals surface area contributed by atoms with E-state index >= 15 is 0 Å². The molecule has 2 atom stereocenters. The third-order valence-corrected chi connectivity index (χ3v) is 8.39. The molecule has 5 heterocycles. The molecule has 5 rings (SSSR count). The van der Waals surface area contributed by atoms with Gasteiger partial charge in [-0.3, -0.25) is 19.4 Å². The zero-order chi connectivity index (χ0) is 24.4. The van der Waals surface area contributed by atoms with Gasteiger partial charge in [-0.25, -0.2) is 4.98 Å². The number of carbonyl (C=O) groups is 1. The number of hydrogen-bond acceptors (Lipinski definition) is 8. The molecule has 3 aromatic rings. The molecule has 9 nitrogen and oxygen atoms in total. The first-order valence-electron chi connectivity index (χ1n) is 12.4. The van der Waals surface area contributed by atoms with Crippen molar-refractivity contribution in [1.82, 2.24) is 35.2 Å². The molecule has 2 aliphatic heterocycles. The van der Waals surface area contributed by atoms with Crippen molar-refractivity contribution < 1.29 is 9.53 Å². The smallest absolute Gasteiger partial charge is 0.271 e. The zero-order valence-corrected chi connectivity index (χ0v) is 21.5. The molecule has 1 saturated heterocycles. The molecule has 35 heavy (non-hydrogen) atoms. The van der Waals surface area contributed by atoms with Gasteiger partial charge in [0.1, 0.15) is 5.69 Å². The van der Waals surface area contributed by atoms with Crippen LogP contribution in [0.25, 0.3) is 0 Å². The van der Waals surface area contributed by atoms with Crippen molar-refractivity contribution in [3.63, 3.8) is 0 Å². The quantitative estimate of drug-likeness (QED) is 0.538. The monoisotopic (exact) mass is 495 g/mol. The van der Waals surface area contributed by atoms with Crippen LogP contribution in [0.3, 0.4) is 0 Å². The van der Waals surface area contributed by atoms with Crippen molar-refractivity contribution in [1.29, 1.82) is 0 Å². The summed E-state index contributed by atoms with van der Waals surface area (Å²) in [5.41, 5.74) is 3.35. The molecule has 186 valence electrons. The van der Waals surface area contributed by atoms with Crippen LogP contribution < -0.4 is 5.32 Å². The average molecular weight is 496 g/mol. The molecule has 0 radical (unpaired) electrons. The number of rotatable bonds is 7. The Bertz CT molecular complexity index is 1170. The molecule has 1 fully saturated rings. The Kier molecular flexibility index (Phi) is 6.95. The fourth-order valence-corrected chi connectivity index (χ4v) is 6.30. The normalized spacial score (nSPS) is 22.3. The molecule has 0 unspecified atom stereocenters. The van der Waals surface area contributed by atoms with E-state index in [0.29, 0.717) is 24.8 Å². The van der Waals surface area contributed by atoms with E-state index in [1.807, 2.05) is 24.5 Å². The summed E-state index contributed by atoms with van der Waals surface area (Å²) in [6, 6.07) is 2.79. The van der Waals surface area contributed by atoms with Crippen molar-refractivity contribution >= 4 is 17.2 Å². The minimum Gasteiger partial charge on any atom is -0.370 e. The number of aryl methyl sites for hydroxylation is 2. The average Bonchev–Trinajstić information content (AvgIpc) is 3.49. The predicted octanol–water partition coefficient (Wildman–Crippen LogP) is 2.88. The third kappa shape index (κ3) is 5.14. The highest BCUT2D eigenvalue weighted by Gasteiger charge is 2.44. The van der Waals surface area contributed by atoms with Gasteiger partial charge in [0.2, 0.25) is 0 Å². The number of nitrogens with zero attached hydrogens (tertiary/aromatic N) is 6. The lowest BCUT2D eigenvalue weighted by molar-refractivity contribution is -0.112. The number of carbonyl (C=O) groups excluding carboxylic acids is 1. The Morgan fingerprint density at radius 1 is 1.34 bits per heavy atom. The van der Waals surface area contributed by atoms with Gasteiger partial charge in [0, 0.05) is 54.2 Å². The van der Waals surface area contributed by atoms with Crippen molar-refractivity contribution in [2.45, 2.75) is 71.2 Å². The Morgan fingerprint density at radius 2 is 2.23 bits per heavy atom.